The van der Waals surface area contributed by atoms with Crippen molar-refractivity contribution in [2.45, 2.75) is 155 Å². The third-order valence-corrected chi connectivity index (χ3v) is 12.6. The van der Waals surface area contributed by atoms with E-state index in [4.69, 9.17) is 5.73 Å². The van der Waals surface area contributed by atoms with Crippen LogP contribution in [-0.4, -0.2) is 71.1 Å². The summed E-state index contributed by atoms with van der Waals surface area (Å²) in [5, 5.41) is 8.69. The Labute approximate surface area is 269 Å². The first-order valence-corrected chi connectivity index (χ1v) is 17.6. The lowest BCUT2D eigenvalue weighted by atomic mass is 9.73. The molecule has 5 aliphatic rings. The molecular weight excluding hydrogens is 570 g/mol. The number of fused-ring (bicyclic) bond motifs is 1. The zero-order valence-electron chi connectivity index (χ0n) is 28.4. The maximum Gasteiger partial charge on any atom is 0.289 e. The quantitative estimate of drug-likeness (QED) is 0.258. The molecule has 252 valence electrons. The van der Waals surface area contributed by atoms with E-state index in [2.05, 4.69) is 29.8 Å². The molecule has 0 aromatic rings. The summed E-state index contributed by atoms with van der Waals surface area (Å²) in [6.45, 7) is 12.6. The monoisotopic (exact) mass is 627 g/mol. The Balaban J connectivity index is 1.39. The van der Waals surface area contributed by atoms with Gasteiger partial charge in [0.15, 0.2) is 0 Å². The summed E-state index contributed by atoms with van der Waals surface area (Å²) < 4.78 is 0. The van der Waals surface area contributed by atoms with Crippen LogP contribution in [0.15, 0.2) is 0 Å². The number of rotatable bonds is 11. The van der Waals surface area contributed by atoms with E-state index in [9.17, 15) is 24.0 Å². The number of nitrogens with one attached hydrogen (secondary N) is 3. The average molecular weight is 628 g/mol. The predicted octanol–water partition coefficient (Wildman–Crippen LogP) is 3.35. The number of Topliss-reactive ketones (excluding diaryl/α,β-unsaturated/α-hetero) is 1. The van der Waals surface area contributed by atoms with Gasteiger partial charge in [-0.05, 0) is 73.5 Å². The van der Waals surface area contributed by atoms with E-state index in [1.54, 1.807) is 4.90 Å². The van der Waals surface area contributed by atoms with E-state index < -0.39 is 47.2 Å². The van der Waals surface area contributed by atoms with Gasteiger partial charge in [-0.3, -0.25) is 24.0 Å². The van der Waals surface area contributed by atoms with Crippen molar-refractivity contribution in [2.24, 2.45) is 33.3 Å². The van der Waals surface area contributed by atoms with Crippen molar-refractivity contribution in [3.63, 3.8) is 0 Å². The van der Waals surface area contributed by atoms with Gasteiger partial charge in [0, 0.05) is 18.0 Å². The number of carbonyl (C=O) groups excluding carboxylic acids is 5. The number of nitrogens with zero attached hydrogens (tertiary/aromatic N) is 1. The van der Waals surface area contributed by atoms with Crippen LogP contribution in [0.2, 0.25) is 0 Å². The molecule has 5 N–H and O–H groups in total. The van der Waals surface area contributed by atoms with Crippen LogP contribution in [0.4, 0.5) is 0 Å². The van der Waals surface area contributed by atoms with Crippen LogP contribution in [0.3, 0.4) is 0 Å². The summed E-state index contributed by atoms with van der Waals surface area (Å²) in [6, 6.07) is -3.28. The van der Waals surface area contributed by atoms with Gasteiger partial charge in [-0.1, -0.05) is 73.6 Å². The first kappa shape index (κ1) is 33.9. The van der Waals surface area contributed by atoms with Crippen molar-refractivity contribution in [1.82, 2.24) is 20.9 Å². The van der Waals surface area contributed by atoms with Crippen molar-refractivity contribution in [2.75, 3.05) is 6.54 Å². The van der Waals surface area contributed by atoms with Gasteiger partial charge in [-0.15, -0.1) is 0 Å². The molecule has 0 radical (unpaired) electrons. The first-order chi connectivity index (χ1) is 21.1. The minimum absolute atomic E-state index is 0.0359. The highest BCUT2D eigenvalue weighted by molar-refractivity contribution is 6.38. The van der Waals surface area contributed by atoms with Crippen molar-refractivity contribution >= 4 is 29.4 Å². The largest absolute Gasteiger partial charge is 0.347 e. The molecule has 0 aromatic heterocycles. The molecule has 4 amide bonds. The molecule has 4 aliphatic carbocycles. The van der Waals surface area contributed by atoms with E-state index >= 15 is 0 Å². The Hall–Kier alpha value is -2.49. The maximum absolute atomic E-state index is 14.6. The summed E-state index contributed by atoms with van der Waals surface area (Å²) in [7, 11) is 0. The lowest BCUT2D eigenvalue weighted by molar-refractivity contribution is -0.145. The van der Waals surface area contributed by atoms with Gasteiger partial charge < -0.3 is 26.6 Å². The summed E-state index contributed by atoms with van der Waals surface area (Å²) >= 11 is 0. The summed E-state index contributed by atoms with van der Waals surface area (Å²) in [4.78, 5) is 69.8. The molecule has 0 aromatic carbocycles. The molecule has 5 fully saturated rings. The van der Waals surface area contributed by atoms with E-state index in [-0.39, 0.29) is 40.0 Å². The molecule has 4 saturated carbocycles. The molecule has 0 unspecified atom stereocenters. The number of hydrogen-bond donors (Lipinski definition) is 4. The van der Waals surface area contributed by atoms with Crippen LogP contribution in [-0.2, 0) is 24.0 Å². The predicted molar refractivity (Wildman–Crippen MR) is 172 cm³/mol. The summed E-state index contributed by atoms with van der Waals surface area (Å²) in [5.41, 5.74) is 5.66. The lowest BCUT2D eigenvalue weighted by Gasteiger charge is -2.37. The van der Waals surface area contributed by atoms with Crippen LogP contribution in [0, 0.1) is 27.6 Å². The normalized spacial score (nSPS) is 29.0. The molecule has 1 aliphatic heterocycles. The van der Waals surface area contributed by atoms with Crippen LogP contribution >= 0.6 is 0 Å². The fourth-order valence-electron chi connectivity index (χ4n) is 9.29. The van der Waals surface area contributed by atoms with Crippen LogP contribution in [0.5, 0.6) is 0 Å². The molecule has 45 heavy (non-hydrogen) atoms. The zero-order chi connectivity index (χ0) is 32.9. The first-order valence-electron chi connectivity index (χ1n) is 17.6. The highest BCUT2D eigenvalue weighted by Gasteiger charge is 2.85. The minimum Gasteiger partial charge on any atom is -0.347 e. The molecule has 5 rings (SSSR count). The molecular formula is C35H57N5O5. The molecule has 5 atom stereocenters. The van der Waals surface area contributed by atoms with E-state index in [1.165, 1.54) is 0 Å². The maximum atomic E-state index is 14.6. The number of hydrogen-bond acceptors (Lipinski definition) is 6. The molecule has 1 heterocycles. The third kappa shape index (κ3) is 5.93. The second-order valence-corrected chi connectivity index (χ2v) is 16.5. The van der Waals surface area contributed by atoms with E-state index in [0.717, 1.165) is 64.2 Å². The van der Waals surface area contributed by atoms with Crippen molar-refractivity contribution in [3.05, 3.63) is 0 Å². The van der Waals surface area contributed by atoms with Crippen LogP contribution < -0.4 is 21.7 Å². The fourth-order valence-corrected chi connectivity index (χ4v) is 9.29. The van der Waals surface area contributed by atoms with Gasteiger partial charge in [-0.2, -0.15) is 0 Å². The van der Waals surface area contributed by atoms with Gasteiger partial charge in [-0.25, -0.2) is 0 Å². The van der Waals surface area contributed by atoms with Gasteiger partial charge in [0.05, 0.1) is 12.1 Å². The SMILES string of the molecule is CCC[C@H](NC(=O)[C@@H]1C[C@@]2(CN1C(=O)[C@@H](NC(=O)[C@@H](N)C1CCCCC1)C(C)(C)C)C(C)(C)C21CCC1)C(=O)C(=O)NC1CC1. The van der Waals surface area contributed by atoms with E-state index in [0.29, 0.717) is 25.8 Å². The lowest BCUT2D eigenvalue weighted by Crippen LogP contribution is -2.61. The highest BCUT2D eigenvalue weighted by Crippen LogP contribution is 2.88. The van der Waals surface area contributed by atoms with Crippen LogP contribution in [0.1, 0.15) is 125 Å². The molecule has 0 bridgehead atoms. The Morgan fingerprint density at radius 1 is 0.911 bits per heavy atom. The van der Waals surface area contributed by atoms with Gasteiger partial charge in [0.1, 0.15) is 12.1 Å². The van der Waals surface area contributed by atoms with Crippen molar-refractivity contribution in [1.29, 1.82) is 0 Å². The molecule has 2 spiro atoms. The zero-order valence-corrected chi connectivity index (χ0v) is 28.4. The van der Waals surface area contributed by atoms with Gasteiger partial charge in [0.2, 0.25) is 23.5 Å². The Morgan fingerprint density at radius 2 is 1.56 bits per heavy atom. The van der Waals surface area contributed by atoms with Gasteiger partial charge >= 0.3 is 0 Å². The Morgan fingerprint density at radius 3 is 2.07 bits per heavy atom. The topological polar surface area (TPSA) is 151 Å². The van der Waals surface area contributed by atoms with Crippen molar-refractivity contribution in [3.8, 4) is 0 Å². The summed E-state index contributed by atoms with van der Waals surface area (Å²) in [5.74, 6) is -2.20. The van der Waals surface area contributed by atoms with E-state index in [1.807, 2.05) is 27.7 Å². The van der Waals surface area contributed by atoms with Crippen molar-refractivity contribution < 1.29 is 24.0 Å². The average Bonchev–Trinajstić information content (AvgIpc) is 3.79. The summed E-state index contributed by atoms with van der Waals surface area (Å²) in [6.07, 6.45) is 11.5. The molecule has 1 saturated heterocycles. The number of ketones is 1. The second-order valence-electron chi connectivity index (χ2n) is 16.5. The number of likely N-dealkylation sites (tertiary alicyclic amines) is 1. The van der Waals surface area contributed by atoms with Crippen LogP contribution in [0.25, 0.3) is 0 Å². The van der Waals surface area contributed by atoms with Gasteiger partial charge in [0.25, 0.3) is 5.91 Å². The minimum atomic E-state index is -0.953. The molecule has 10 heteroatoms. The smallest absolute Gasteiger partial charge is 0.289 e. The second kappa shape index (κ2) is 12.3. The Kier molecular flexibility index (Phi) is 9.23. The third-order valence-electron chi connectivity index (χ3n) is 12.6. The molecule has 10 nitrogen and oxygen atoms in total. The number of nitrogens with two attached hydrogens (primary N) is 1. The number of amides is 4. The Bertz CT molecular complexity index is 1200. The number of carbonyl (C=O) groups is 5. The standard InChI is InChI=1S/C35H57N5O5/c1-7-12-23(26(41)30(44)37-22-15-16-22)38-28(42)24-19-35(33(5,6)34(35)17-11-18-34)20-40(24)31(45)27(32(2,3)4)39-29(43)25(36)21-13-9-8-10-14-21/h21-25,27H,7-20,36H2,1-6H3,(H,37,44)(H,38,42)(H,39,43)/t23-,24-,25-,27+,35+/m0/s1. The highest BCUT2D eigenvalue weighted by atomic mass is 16.2. The fraction of sp³-hybridized carbons (Fsp3) is 0.857.